The van der Waals surface area contributed by atoms with Gasteiger partial charge >= 0.3 is 18.0 Å². The van der Waals surface area contributed by atoms with Crippen molar-refractivity contribution in [1.82, 2.24) is 15.5 Å². The van der Waals surface area contributed by atoms with E-state index in [4.69, 9.17) is 9.47 Å². The Balaban J connectivity index is 1.89. The van der Waals surface area contributed by atoms with Crippen molar-refractivity contribution in [2.45, 2.75) is 39.7 Å². The highest BCUT2D eigenvalue weighted by molar-refractivity contribution is 5.95. The van der Waals surface area contributed by atoms with Crippen LogP contribution in [0.15, 0.2) is 35.5 Å². The molecule has 2 atom stereocenters. The topological polar surface area (TPSA) is 97.0 Å². The maximum atomic E-state index is 12.9. The van der Waals surface area contributed by atoms with Crippen LogP contribution in [-0.4, -0.2) is 55.7 Å². The first-order chi connectivity index (χ1) is 14.9. The number of urea groups is 1. The van der Waals surface area contributed by atoms with Crippen LogP contribution in [0.5, 0.6) is 0 Å². The van der Waals surface area contributed by atoms with Crippen molar-refractivity contribution in [3.63, 3.8) is 0 Å². The normalized spacial score (nSPS) is 21.8. The van der Waals surface area contributed by atoms with Gasteiger partial charge in [-0.25, -0.2) is 9.59 Å². The van der Waals surface area contributed by atoms with Gasteiger partial charge in [-0.1, -0.05) is 29.8 Å². The van der Waals surface area contributed by atoms with Crippen LogP contribution in [0.2, 0.25) is 0 Å². The summed E-state index contributed by atoms with van der Waals surface area (Å²) in [7, 11) is 0. The number of hydrogen-bond donors (Lipinski definition) is 2. The van der Waals surface area contributed by atoms with E-state index in [2.05, 4.69) is 15.5 Å². The summed E-state index contributed by atoms with van der Waals surface area (Å²) < 4.78 is 10.5. The first kappa shape index (κ1) is 22.8. The summed E-state index contributed by atoms with van der Waals surface area (Å²) in [6, 6.07) is 6.73. The molecule has 168 valence electrons. The van der Waals surface area contributed by atoms with E-state index in [0.29, 0.717) is 31.0 Å². The fourth-order valence-electron chi connectivity index (χ4n) is 4.08. The molecule has 1 fully saturated rings. The molecule has 0 radical (unpaired) electrons. The zero-order chi connectivity index (χ0) is 22.4. The van der Waals surface area contributed by atoms with Crippen LogP contribution in [0.1, 0.15) is 43.9 Å². The number of rotatable bonds is 7. The van der Waals surface area contributed by atoms with Gasteiger partial charge in [0.15, 0.2) is 0 Å². The van der Waals surface area contributed by atoms with Crippen molar-refractivity contribution in [2.75, 3.05) is 32.8 Å². The van der Waals surface area contributed by atoms with Crippen LogP contribution < -0.4 is 10.6 Å². The van der Waals surface area contributed by atoms with E-state index in [0.717, 1.165) is 30.5 Å². The van der Waals surface area contributed by atoms with Gasteiger partial charge in [0, 0.05) is 18.8 Å². The van der Waals surface area contributed by atoms with Crippen molar-refractivity contribution in [3.05, 3.63) is 46.7 Å². The van der Waals surface area contributed by atoms with Crippen molar-refractivity contribution in [3.8, 4) is 0 Å². The summed E-state index contributed by atoms with van der Waals surface area (Å²) in [5.74, 6) is -0.862. The third-order valence-electron chi connectivity index (χ3n) is 5.57. The largest absolute Gasteiger partial charge is 0.466 e. The Kier molecular flexibility index (Phi) is 7.68. The first-order valence-electron chi connectivity index (χ1n) is 10.9. The molecular weight excluding hydrogens is 398 g/mol. The molecular formula is C23H31N3O5. The maximum absolute atomic E-state index is 12.9. The van der Waals surface area contributed by atoms with Crippen LogP contribution in [-0.2, 0) is 19.1 Å². The van der Waals surface area contributed by atoms with E-state index in [-0.39, 0.29) is 24.5 Å². The van der Waals surface area contributed by atoms with Crippen LogP contribution in [0.4, 0.5) is 4.79 Å². The molecule has 0 spiro atoms. The number of amides is 2. The molecule has 2 aliphatic rings. The molecule has 0 aliphatic carbocycles. The van der Waals surface area contributed by atoms with Crippen LogP contribution in [0.25, 0.3) is 0 Å². The zero-order valence-corrected chi connectivity index (χ0v) is 18.4. The Morgan fingerprint density at radius 1 is 1.13 bits per heavy atom. The second-order valence-electron chi connectivity index (χ2n) is 7.88. The Labute approximate surface area is 183 Å². The number of piperidine rings is 1. The standard InChI is InChI=1S/C23H31N3O5/c1-4-30-21(27)17-7-6-12-26(13-17)14-18-19(22(28)31-5-2)20(25-23(29)24-18)16-10-8-15(3)9-11-16/h8-11,17,20H,4-7,12-14H2,1-3H3,(H2,24,25,29)/t17-,20+/m1/s1. The lowest BCUT2D eigenvalue weighted by molar-refractivity contribution is -0.150. The summed E-state index contributed by atoms with van der Waals surface area (Å²) in [4.78, 5) is 39.6. The summed E-state index contributed by atoms with van der Waals surface area (Å²) in [5.41, 5.74) is 2.80. The minimum Gasteiger partial charge on any atom is -0.466 e. The SMILES string of the molecule is CCOC(=O)C1=C(CN2CCC[C@@H](C(=O)OCC)C2)NC(=O)N[C@H]1c1ccc(C)cc1. The fraction of sp³-hybridized carbons (Fsp3) is 0.522. The number of aryl methyl sites for hydroxylation is 1. The Morgan fingerprint density at radius 3 is 2.52 bits per heavy atom. The number of benzene rings is 1. The van der Waals surface area contributed by atoms with Gasteiger partial charge in [0.2, 0.25) is 0 Å². The third-order valence-corrected chi connectivity index (χ3v) is 5.57. The quantitative estimate of drug-likeness (QED) is 0.647. The molecule has 2 heterocycles. The highest BCUT2D eigenvalue weighted by Gasteiger charge is 2.35. The van der Waals surface area contributed by atoms with Gasteiger partial charge in [-0.3, -0.25) is 9.69 Å². The summed E-state index contributed by atoms with van der Waals surface area (Å²) in [6.07, 6.45) is 1.62. The molecule has 0 unspecified atom stereocenters. The molecule has 0 saturated carbocycles. The average Bonchev–Trinajstić information content (AvgIpc) is 2.74. The summed E-state index contributed by atoms with van der Waals surface area (Å²) in [5, 5.41) is 5.66. The van der Waals surface area contributed by atoms with E-state index in [1.54, 1.807) is 13.8 Å². The van der Waals surface area contributed by atoms with Crippen molar-refractivity contribution >= 4 is 18.0 Å². The number of esters is 2. The van der Waals surface area contributed by atoms with Crippen LogP contribution in [0, 0.1) is 12.8 Å². The lowest BCUT2D eigenvalue weighted by atomic mass is 9.93. The number of nitrogens with one attached hydrogen (secondary N) is 2. The number of hydrogen-bond acceptors (Lipinski definition) is 6. The van der Waals surface area contributed by atoms with Crippen molar-refractivity contribution in [1.29, 1.82) is 0 Å². The lowest BCUT2D eigenvalue weighted by Crippen LogP contribution is -2.50. The molecule has 8 heteroatoms. The van der Waals surface area contributed by atoms with Crippen LogP contribution >= 0.6 is 0 Å². The van der Waals surface area contributed by atoms with Crippen molar-refractivity contribution < 1.29 is 23.9 Å². The zero-order valence-electron chi connectivity index (χ0n) is 18.4. The smallest absolute Gasteiger partial charge is 0.338 e. The van der Waals surface area contributed by atoms with Gasteiger partial charge in [-0.2, -0.15) is 0 Å². The third kappa shape index (κ3) is 5.64. The van der Waals surface area contributed by atoms with E-state index in [1.807, 2.05) is 31.2 Å². The predicted molar refractivity (Wildman–Crippen MR) is 115 cm³/mol. The van der Waals surface area contributed by atoms with Crippen molar-refractivity contribution in [2.24, 2.45) is 5.92 Å². The highest BCUT2D eigenvalue weighted by atomic mass is 16.5. The van der Waals surface area contributed by atoms with E-state index in [1.165, 1.54) is 0 Å². The molecule has 0 aromatic heterocycles. The van der Waals surface area contributed by atoms with E-state index >= 15 is 0 Å². The molecule has 1 saturated heterocycles. The van der Waals surface area contributed by atoms with Gasteiger partial charge in [0.05, 0.1) is 30.7 Å². The maximum Gasteiger partial charge on any atom is 0.338 e. The first-order valence-corrected chi connectivity index (χ1v) is 10.9. The second kappa shape index (κ2) is 10.4. The second-order valence-corrected chi connectivity index (χ2v) is 7.88. The Morgan fingerprint density at radius 2 is 1.84 bits per heavy atom. The fourth-order valence-corrected chi connectivity index (χ4v) is 4.08. The number of nitrogens with zero attached hydrogens (tertiary/aromatic N) is 1. The van der Waals surface area contributed by atoms with Crippen LogP contribution in [0.3, 0.4) is 0 Å². The highest BCUT2D eigenvalue weighted by Crippen LogP contribution is 2.29. The summed E-state index contributed by atoms with van der Waals surface area (Å²) >= 11 is 0. The number of carbonyl (C=O) groups excluding carboxylic acids is 3. The molecule has 2 aliphatic heterocycles. The van der Waals surface area contributed by atoms with Gasteiger partial charge in [-0.15, -0.1) is 0 Å². The monoisotopic (exact) mass is 429 g/mol. The Bertz CT molecular complexity index is 849. The average molecular weight is 430 g/mol. The minimum absolute atomic E-state index is 0.196. The molecule has 2 amide bonds. The Hall–Kier alpha value is -2.87. The molecule has 8 nitrogen and oxygen atoms in total. The number of likely N-dealkylation sites (tertiary alicyclic amines) is 1. The molecule has 2 N–H and O–H groups in total. The van der Waals surface area contributed by atoms with Gasteiger partial charge in [-0.05, 0) is 45.7 Å². The van der Waals surface area contributed by atoms with Gasteiger partial charge < -0.3 is 20.1 Å². The lowest BCUT2D eigenvalue weighted by Gasteiger charge is -2.35. The molecule has 0 bridgehead atoms. The van der Waals surface area contributed by atoms with Gasteiger partial charge in [0.1, 0.15) is 0 Å². The minimum atomic E-state index is -0.603. The van der Waals surface area contributed by atoms with E-state index < -0.39 is 12.0 Å². The van der Waals surface area contributed by atoms with Gasteiger partial charge in [0.25, 0.3) is 0 Å². The molecule has 31 heavy (non-hydrogen) atoms. The molecule has 3 rings (SSSR count). The molecule has 1 aromatic rings. The predicted octanol–water partition coefficient (Wildman–Crippen LogP) is 2.44. The number of ether oxygens (including phenoxy) is 2. The number of carbonyl (C=O) groups is 3. The van der Waals surface area contributed by atoms with E-state index in [9.17, 15) is 14.4 Å². The molecule has 1 aromatic carbocycles. The summed E-state index contributed by atoms with van der Waals surface area (Å²) in [6.45, 7) is 7.76.